The van der Waals surface area contributed by atoms with E-state index in [2.05, 4.69) is 69.2 Å². The van der Waals surface area contributed by atoms with Gasteiger partial charge in [0.2, 0.25) is 0 Å². The van der Waals surface area contributed by atoms with E-state index in [9.17, 15) is 0 Å². The van der Waals surface area contributed by atoms with E-state index in [-0.39, 0.29) is 0 Å². The molecule has 0 fully saturated rings. The molecule has 0 saturated heterocycles. The van der Waals surface area contributed by atoms with Crippen LogP contribution >= 0.6 is 11.3 Å². The molecule has 0 saturated carbocycles. The number of anilines is 2. The minimum Gasteiger partial charge on any atom is -0.321 e. The van der Waals surface area contributed by atoms with Crippen LogP contribution in [0.4, 0.5) is 10.8 Å². The molecule has 4 heteroatoms. The van der Waals surface area contributed by atoms with Crippen LogP contribution in [0.5, 0.6) is 0 Å². The van der Waals surface area contributed by atoms with Crippen molar-refractivity contribution in [2.75, 3.05) is 18.5 Å². The van der Waals surface area contributed by atoms with E-state index >= 15 is 0 Å². The number of benzene rings is 1. The number of aryl methyl sites for hydroxylation is 2. The molecule has 1 aromatic heterocycles. The van der Waals surface area contributed by atoms with Crippen LogP contribution in [-0.4, -0.2) is 18.6 Å². The van der Waals surface area contributed by atoms with Crippen LogP contribution in [0, 0.1) is 13.8 Å². The fraction of sp³-hybridized carbons (Fsp3) is 0.471. The molecule has 114 valence electrons. The molecule has 0 spiro atoms. The van der Waals surface area contributed by atoms with Crippen molar-refractivity contribution in [1.82, 2.24) is 10.3 Å². The Labute approximate surface area is 132 Å². The molecule has 1 aromatic carbocycles. The molecule has 2 aromatic rings. The van der Waals surface area contributed by atoms with Gasteiger partial charge in [0.25, 0.3) is 0 Å². The lowest BCUT2D eigenvalue weighted by molar-refractivity contribution is 0.575. The Morgan fingerprint density at radius 2 is 2.00 bits per heavy atom. The van der Waals surface area contributed by atoms with Crippen LogP contribution in [0.3, 0.4) is 0 Å². The first-order chi connectivity index (χ1) is 10.0. The minimum absolute atomic E-state index is 0.362. The lowest BCUT2D eigenvalue weighted by Gasteiger charge is -2.18. The zero-order valence-corrected chi connectivity index (χ0v) is 14.4. The van der Waals surface area contributed by atoms with Crippen molar-refractivity contribution >= 4 is 22.2 Å². The zero-order valence-electron chi connectivity index (χ0n) is 13.6. The van der Waals surface area contributed by atoms with Crippen molar-refractivity contribution in [1.29, 1.82) is 0 Å². The number of rotatable bonds is 6. The van der Waals surface area contributed by atoms with Gasteiger partial charge in [-0.25, -0.2) is 4.98 Å². The first-order valence-electron chi connectivity index (χ1n) is 7.54. The number of hydrogen-bond donors (Lipinski definition) is 1. The normalized spacial score (nSPS) is 12.4. The first-order valence-corrected chi connectivity index (χ1v) is 8.36. The third-order valence-corrected chi connectivity index (χ3v) is 5.10. The van der Waals surface area contributed by atoms with Crippen molar-refractivity contribution in [2.24, 2.45) is 0 Å². The van der Waals surface area contributed by atoms with E-state index in [0.717, 1.165) is 23.8 Å². The molecule has 0 bridgehead atoms. The maximum Gasteiger partial charge on any atom is 0.190 e. The van der Waals surface area contributed by atoms with Gasteiger partial charge in [0.1, 0.15) is 0 Å². The van der Waals surface area contributed by atoms with Gasteiger partial charge in [0, 0.05) is 23.7 Å². The predicted octanol–water partition coefficient (Wildman–Crippen LogP) is 4.59. The van der Waals surface area contributed by atoms with Crippen molar-refractivity contribution < 1.29 is 0 Å². The molecular weight excluding hydrogens is 278 g/mol. The van der Waals surface area contributed by atoms with Gasteiger partial charge in [-0.2, -0.15) is 0 Å². The summed E-state index contributed by atoms with van der Waals surface area (Å²) in [7, 11) is 2.09. The summed E-state index contributed by atoms with van der Waals surface area (Å²) in [5, 5.41) is 4.60. The lowest BCUT2D eigenvalue weighted by atomic mass is 10.2. The SMILES string of the molecule is CCCNC(C)c1sc(N(C)c2ccccc2C)nc1C. The third kappa shape index (κ3) is 3.63. The van der Waals surface area contributed by atoms with Crippen LogP contribution in [0.2, 0.25) is 0 Å². The van der Waals surface area contributed by atoms with Gasteiger partial charge >= 0.3 is 0 Å². The monoisotopic (exact) mass is 303 g/mol. The fourth-order valence-electron chi connectivity index (χ4n) is 2.44. The van der Waals surface area contributed by atoms with Crippen LogP contribution in [0.1, 0.15) is 42.4 Å². The highest BCUT2D eigenvalue weighted by molar-refractivity contribution is 7.15. The maximum absolute atomic E-state index is 4.76. The molecule has 3 nitrogen and oxygen atoms in total. The van der Waals surface area contributed by atoms with E-state index < -0.39 is 0 Å². The molecule has 0 radical (unpaired) electrons. The van der Waals surface area contributed by atoms with Crippen molar-refractivity contribution in [3.05, 3.63) is 40.4 Å². The summed E-state index contributed by atoms with van der Waals surface area (Å²) in [6.07, 6.45) is 1.15. The Bertz CT molecular complexity index is 591. The van der Waals surface area contributed by atoms with Crippen LogP contribution < -0.4 is 10.2 Å². The fourth-order valence-corrected chi connectivity index (χ4v) is 3.50. The Kier molecular flexibility index (Phi) is 5.37. The topological polar surface area (TPSA) is 28.2 Å². The standard InChI is InChI=1S/C17H25N3S/c1-6-11-18-13(3)16-14(4)19-17(21-16)20(5)15-10-8-7-9-12(15)2/h7-10,13,18H,6,11H2,1-5H3. The second-order valence-corrected chi connectivity index (χ2v) is 6.48. The number of nitrogens with one attached hydrogen (secondary N) is 1. The first kappa shape index (κ1) is 16.0. The Morgan fingerprint density at radius 1 is 1.29 bits per heavy atom. The summed E-state index contributed by atoms with van der Waals surface area (Å²) >= 11 is 1.78. The molecule has 1 N–H and O–H groups in total. The van der Waals surface area contributed by atoms with Gasteiger partial charge in [-0.05, 0) is 45.4 Å². The van der Waals surface area contributed by atoms with Gasteiger partial charge < -0.3 is 10.2 Å². The van der Waals surface area contributed by atoms with Crippen molar-refractivity contribution in [3.63, 3.8) is 0 Å². The summed E-state index contributed by atoms with van der Waals surface area (Å²) in [5.74, 6) is 0. The summed E-state index contributed by atoms with van der Waals surface area (Å²) in [5.41, 5.74) is 3.62. The minimum atomic E-state index is 0.362. The van der Waals surface area contributed by atoms with Crippen LogP contribution in [0.25, 0.3) is 0 Å². The predicted molar refractivity (Wildman–Crippen MR) is 92.8 cm³/mol. The maximum atomic E-state index is 4.76. The number of thiazole rings is 1. The van der Waals surface area contributed by atoms with Gasteiger partial charge in [-0.15, -0.1) is 0 Å². The molecule has 1 atom stereocenters. The van der Waals surface area contributed by atoms with Crippen LogP contribution in [0.15, 0.2) is 24.3 Å². The van der Waals surface area contributed by atoms with E-state index in [4.69, 9.17) is 4.98 Å². The molecule has 0 aliphatic rings. The van der Waals surface area contributed by atoms with Crippen molar-refractivity contribution in [2.45, 2.75) is 40.2 Å². The third-order valence-electron chi connectivity index (χ3n) is 3.68. The molecule has 0 amide bonds. The highest BCUT2D eigenvalue weighted by Crippen LogP contribution is 2.34. The average molecular weight is 303 g/mol. The van der Waals surface area contributed by atoms with E-state index in [1.54, 1.807) is 11.3 Å². The van der Waals surface area contributed by atoms with Gasteiger partial charge in [0.05, 0.1) is 5.69 Å². The summed E-state index contributed by atoms with van der Waals surface area (Å²) in [4.78, 5) is 8.28. The average Bonchev–Trinajstić information content (AvgIpc) is 2.86. The Morgan fingerprint density at radius 3 is 2.67 bits per heavy atom. The van der Waals surface area contributed by atoms with Crippen LogP contribution in [-0.2, 0) is 0 Å². The Hall–Kier alpha value is -1.39. The molecule has 1 heterocycles. The number of para-hydroxylation sites is 1. The highest BCUT2D eigenvalue weighted by Gasteiger charge is 2.17. The van der Waals surface area contributed by atoms with E-state index in [1.165, 1.54) is 16.1 Å². The molecule has 1 unspecified atom stereocenters. The van der Waals surface area contributed by atoms with Gasteiger partial charge in [-0.1, -0.05) is 36.5 Å². The van der Waals surface area contributed by atoms with Gasteiger partial charge in [0.15, 0.2) is 5.13 Å². The lowest BCUT2D eigenvalue weighted by Crippen LogP contribution is -2.18. The quantitative estimate of drug-likeness (QED) is 0.846. The Balaban J connectivity index is 2.24. The summed E-state index contributed by atoms with van der Waals surface area (Å²) in [6, 6.07) is 8.79. The molecule has 21 heavy (non-hydrogen) atoms. The largest absolute Gasteiger partial charge is 0.321 e. The number of aromatic nitrogens is 1. The molecular formula is C17H25N3S. The van der Waals surface area contributed by atoms with Crippen molar-refractivity contribution in [3.8, 4) is 0 Å². The second kappa shape index (κ2) is 7.05. The van der Waals surface area contributed by atoms with E-state index in [1.807, 2.05) is 0 Å². The highest BCUT2D eigenvalue weighted by atomic mass is 32.1. The van der Waals surface area contributed by atoms with Gasteiger partial charge in [-0.3, -0.25) is 0 Å². The molecule has 0 aliphatic heterocycles. The number of hydrogen-bond acceptors (Lipinski definition) is 4. The molecule has 0 aliphatic carbocycles. The molecule has 2 rings (SSSR count). The zero-order chi connectivity index (χ0) is 15.4. The summed E-state index contributed by atoms with van der Waals surface area (Å²) in [6.45, 7) is 9.69. The summed E-state index contributed by atoms with van der Waals surface area (Å²) < 4.78 is 0. The smallest absolute Gasteiger partial charge is 0.190 e. The van der Waals surface area contributed by atoms with E-state index in [0.29, 0.717) is 6.04 Å². The number of nitrogens with zero attached hydrogens (tertiary/aromatic N) is 2. The second-order valence-electron chi connectivity index (χ2n) is 5.47.